The average molecular weight is 356 g/mol. The maximum absolute atomic E-state index is 12.0. The van der Waals surface area contributed by atoms with Crippen LogP contribution in [0.25, 0.3) is 11.6 Å². The number of furan rings is 1. The third-order valence-electron chi connectivity index (χ3n) is 3.64. The summed E-state index contributed by atoms with van der Waals surface area (Å²) in [6.07, 6.45) is 1.61. The van der Waals surface area contributed by atoms with E-state index in [1.165, 1.54) is 11.8 Å². The molecular formula is C18H20N4O2S. The van der Waals surface area contributed by atoms with Crippen molar-refractivity contribution in [3.8, 4) is 11.6 Å². The van der Waals surface area contributed by atoms with Crippen LogP contribution in [0.4, 0.5) is 0 Å². The van der Waals surface area contributed by atoms with Gasteiger partial charge in [-0.2, -0.15) is 0 Å². The number of carbonyl (C=O) groups excluding carboxylic acids is 1. The van der Waals surface area contributed by atoms with Crippen LogP contribution in [0.1, 0.15) is 19.4 Å². The van der Waals surface area contributed by atoms with Gasteiger partial charge < -0.3 is 9.73 Å². The van der Waals surface area contributed by atoms with Gasteiger partial charge in [-0.3, -0.25) is 9.36 Å². The fourth-order valence-electron chi connectivity index (χ4n) is 2.40. The Bertz CT molecular complexity index is 815. The molecule has 0 saturated carbocycles. The topological polar surface area (TPSA) is 73.0 Å². The lowest BCUT2D eigenvalue weighted by Gasteiger charge is -2.13. The molecule has 3 rings (SSSR count). The van der Waals surface area contributed by atoms with Gasteiger partial charge in [0.1, 0.15) is 0 Å². The number of amides is 1. The van der Waals surface area contributed by atoms with Crippen LogP contribution in [0.15, 0.2) is 58.3 Å². The lowest BCUT2D eigenvalue weighted by molar-refractivity contribution is -0.120. The Kier molecular flexibility index (Phi) is 5.55. The molecule has 0 spiro atoms. The van der Waals surface area contributed by atoms with E-state index in [9.17, 15) is 4.79 Å². The van der Waals surface area contributed by atoms with Crippen LogP contribution in [-0.4, -0.2) is 32.5 Å². The van der Waals surface area contributed by atoms with E-state index >= 15 is 0 Å². The fraction of sp³-hybridized carbons (Fsp3) is 0.278. The summed E-state index contributed by atoms with van der Waals surface area (Å²) >= 11 is 1.39. The van der Waals surface area contributed by atoms with Gasteiger partial charge in [-0.1, -0.05) is 42.1 Å². The summed E-state index contributed by atoms with van der Waals surface area (Å²) in [6, 6.07) is 13.7. The summed E-state index contributed by atoms with van der Waals surface area (Å²) in [5.41, 5.74) is 1.13. The summed E-state index contributed by atoms with van der Waals surface area (Å²) in [5, 5.41) is 11.8. The molecule has 0 aliphatic carbocycles. The molecule has 0 saturated heterocycles. The van der Waals surface area contributed by atoms with Crippen molar-refractivity contribution in [1.82, 2.24) is 20.1 Å². The number of thioether (sulfide) groups is 1. The van der Waals surface area contributed by atoms with Gasteiger partial charge >= 0.3 is 0 Å². The number of rotatable bonds is 7. The molecule has 0 bridgehead atoms. The van der Waals surface area contributed by atoms with E-state index in [1.807, 2.05) is 60.9 Å². The summed E-state index contributed by atoms with van der Waals surface area (Å²) < 4.78 is 7.47. The van der Waals surface area contributed by atoms with Crippen molar-refractivity contribution < 1.29 is 9.21 Å². The molecule has 1 N–H and O–H groups in total. The lowest BCUT2D eigenvalue weighted by atomic mass is 10.2. The number of hydrogen-bond donors (Lipinski definition) is 1. The summed E-state index contributed by atoms with van der Waals surface area (Å²) in [7, 11) is 0. The molecule has 130 valence electrons. The Morgan fingerprint density at radius 3 is 2.72 bits per heavy atom. The number of aromatic nitrogens is 3. The third kappa shape index (κ3) is 4.11. The van der Waals surface area contributed by atoms with Crippen molar-refractivity contribution in [2.45, 2.75) is 30.8 Å². The maximum atomic E-state index is 12.0. The van der Waals surface area contributed by atoms with Crippen molar-refractivity contribution >= 4 is 17.7 Å². The fourth-order valence-corrected chi connectivity index (χ4v) is 3.27. The molecule has 2 heterocycles. The Labute approximate surface area is 150 Å². The summed E-state index contributed by atoms with van der Waals surface area (Å²) in [4.78, 5) is 12.0. The number of hydrogen-bond acceptors (Lipinski definition) is 5. The first-order valence-corrected chi connectivity index (χ1v) is 9.02. The first-order chi connectivity index (χ1) is 12.2. The summed E-state index contributed by atoms with van der Waals surface area (Å²) in [5.74, 6) is 1.29. The largest absolute Gasteiger partial charge is 0.461 e. The molecule has 0 fully saturated rings. The predicted molar refractivity (Wildman–Crippen MR) is 97.3 cm³/mol. The number of nitrogens with one attached hydrogen (secondary N) is 1. The Balaban J connectivity index is 1.91. The molecule has 1 amide bonds. The minimum absolute atomic E-state index is 0.0127. The van der Waals surface area contributed by atoms with Crippen molar-refractivity contribution in [3.63, 3.8) is 0 Å². The molecule has 7 heteroatoms. The van der Waals surface area contributed by atoms with E-state index in [-0.39, 0.29) is 11.2 Å². The molecule has 6 nitrogen and oxygen atoms in total. The Morgan fingerprint density at radius 1 is 1.24 bits per heavy atom. The molecule has 3 aromatic rings. The van der Waals surface area contributed by atoms with E-state index in [2.05, 4.69) is 15.5 Å². The zero-order valence-corrected chi connectivity index (χ0v) is 15.0. The van der Waals surface area contributed by atoms with Crippen LogP contribution < -0.4 is 5.32 Å². The van der Waals surface area contributed by atoms with Gasteiger partial charge in [0.25, 0.3) is 0 Å². The Hall–Kier alpha value is -2.54. The van der Waals surface area contributed by atoms with E-state index in [4.69, 9.17) is 4.42 Å². The monoisotopic (exact) mass is 356 g/mol. The van der Waals surface area contributed by atoms with Crippen LogP contribution in [0.2, 0.25) is 0 Å². The Morgan fingerprint density at radius 2 is 2.04 bits per heavy atom. The van der Waals surface area contributed by atoms with E-state index in [1.54, 1.807) is 6.26 Å². The van der Waals surface area contributed by atoms with Crippen molar-refractivity contribution in [1.29, 1.82) is 0 Å². The molecule has 0 radical (unpaired) electrons. The van der Waals surface area contributed by atoms with Gasteiger partial charge in [0, 0.05) is 6.54 Å². The smallest absolute Gasteiger partial charge is 0.233 e. The quantitative estimate of drug-likeness (QED) is 0.658. The molecule has 2 aromatic heterocycles. The van der Waals surface area contributed by atoms with Gasteiger partial charge in [-0.25, -0.2) is 0 Å². The first-order valence-electron chi connectivity index (χ1n) is 8.14. The first kappa shape index (κ1) is 17.3. The van der Waals surface area contributed by atoms with Crippen LogP contribution in [0.5, 0.6) is 0 Å². The van der Waals surface area contributed by atoms with Crippen LogP contribution in [-0.2, 0) is 11.3 Å². The standard InChI is InChI=1S/C18H20N4O2S/c1-3-19-17(23)13(2)25-18-21-20-16(15-10-7-11-24-15)22(18)12-14-8-5-4-6-9-14/h4-11,13H,3,12H2,1-2H3,(H,19,23)/t13-/m0/s1. The second kappa shape index (κ2) is 8.02. The highest BCUT2D eigenvalue weighted by molar-refractivity contribution is 8.00. The van der Waals surface area contributed by atoms with Crippen molar-refractivity contribution in [2.75, 3.05) is 6.54 Å². The van der Waals surface area contributed by atoms with Gasteiger partial charge in [0.2, 0.25) is 11.7 Å². The third-order valence-corrected chi connectivity index (χ3v) is 4.72. The minimum Gasteiger partial charge on any atom is -0.461 e. The normalized spacial score (nSPS) is 12.1. The van der Waals surface area contributed by atoms with Crippen LogP contribution in [0.3, 0.4) is 0 Å². The molecule has 25 heavy (non-hydrogen) atoms. The average Bonchev–Trinajstić information content (AvgIpc) is 3.26. The van der Waals surface area contributed by atoms with Gasteiger partial charge in [0.05, 0.1) is 18.1 Å². The van der Waals surface area contributed by atoms with Gasteiger partial charge in [0.15, 0.2) is 10.9 Å². The molecule has 1 aromatic carbocycles. The molecule has 0 aliphatic heterocycles. The maximum Gasteiger partial charge on any atom is 0.233 e. The van der Waals surface area contributed by atoms with Crippen molar-refractivity contribution in [2.24, 2.45) is 0 Å². The summed E-state index contributed by atoms with van der Waals surface area (Å²) in [6.45, 7) is 4.98. The molecule has 0 unspecified atom stereocenters. The highest BCUT2D eigenvalue weighted by atomic mass is 32.2. The predicted octanol–water partition coefficient (Wildman–Crippen LogP) is 3.20. The molecule has 1 atom stereocenters. The number of nitrogens with zero attached hydrogens (tertiary/aromatic N) is 3. The van der Waals surface area contributed by atoms with E-state index < -0.39 is 0 Å². The highest BCUT2D eigenvalue weighted by Gasteiger charge is 2.21. The second-order valence-electron chi connectivity index (χ2n) is 5.51. The molecular weight excluding hydrogens is 336 g/mol. The van der Waals surface area contributed by atoms with Gasteiger partial charge in [-0.05, 0) is 31.5 Å². The van der Waals surface area contributed by atoms with E-state index in [0.29, 0.717) is 29.8 Å². The van der Waals surface area contributed by atoms with Crippen molar-refractivity contribution in [3.05, 3.63) is 54.3 Å². The second-order valence-corrected chi connectivity index (χ2v) is 6.82. The zero-order valence-electron chi connectivity index (χ0n) is 14.2. The number of carbonyl (C=O) groups is 1. The van der Waals surface area contributed by atoms with Gasteiger partial charge in [-0.15, -0.1) is 10.2 Å². The minimum atomic E-state index is -0.261. The number of benzene rings is 1. The van der Waals surface area contributed by atoms with Crippen LogP contribution in [0, 0.1) is 0 Å². The highest BCUT2D eigenvalue weighted by Crippen LogP contribution is 2.28. The zero-order chi connectivity index (χ0) is 17.6. The SMILES string of the molecule is CCNC(=O)[C@H](C)Sc1nnc(-c2ccco2)n1Cc1ccccc1. The molecule has 0 aliphatic rings. The van der Waals surface area contributed by atoms with Crippen LogP contribution >= 0.6 is 11.8 Å². The lowest BCUT2D eigenvalue weighted by Crippen LogP contribution is -2.30. The van der Waals surface area contributed by atoms with E-state index in [0.717, 1.165) is 5.56 Å².